The summed E-state index contributed by atoms with van der Waals surface area (Å²) in [5.74, 6) is -1.81. The van der Waals surface area contributed by atoms with Crippen LogP contribution < -0.4 is 0 Å². The van der Waals surface area contributed by atoms with Gasteiger partial charge in [0, 0.05) is 5.41 Å². The highest BCUT2D eigenvalue weighted by molar-refractivity contribution is 5.79. The lowest BCUT2D eigenvalue weighted by molar-refractivity contribution is -0.191. The molecule has 0 fully saturated rings. The Labute approximate surface area is 96.6 Å². The second kappa shape index (κ2) is 4.89. The number of allylic oxidation sites excluding steroid dienone is 2. The maximum absolute atomic E-state index is 11.9. The van der Waals surface area contributed by atoms with E-state index < -0.39 is 30.1 Å². The molecule has 0 amide bonds. The Morgan fingerprint density at radius 2 is 2.18 bits per heavy atom. The Morgan fingerprint density at radius 1 is 1.53 bits per heavy atom. The van der Waals surface area contributed by atoms with Gasteiger partial charge < -0.3 is 9.53 Å². The fraction of sp³-hybridized carbons (Fsp3) is 0.636. The van der Waals surface area contributed by atoms with E-state index >= 15 is 0 Å². The van der Waals surface area contributed by atoms with Gasteiger partial charge in [-0.15, -0.1) is 0 Å². The van der Waals surface area contributed by atoms with Gasteiger partial charge in [0.25, 0.3) is 0 Å². The van der Waals surface area contributed by atoms with Gasteiger partial charge in [0.05, 0.1) is 5.92 Å². The number of carbonyl (C=O) groups excluding carboxylic acids is 2. The molecule has 2 atom stereocenters. The topological polar surface area (TPSA) is 43.4 Å². The largest absolute Gasteiger partial charge is 0.456 e. The molecule has 0 aromatic rings. The van der Waals surface area contributed by atoms with Crippen LogP contribution in [0.4, 0.5) is 13.2 Å². The summed E-state index contributed by atoms with van der Waals surface area (Å²) < 4.78 is 39.9. The van der Waals surface area contributed by atoms with Crippen molar-refractivity contribution in [1.29, 1.82) is 0 Å². The summed E-state index contributed by atoms with van der Waals surface area (Å²) in [5.41, 5.74) is -0.975. The maximum atomic E-state index is 11.9. The molecule has 0 aromatic carbocycles. The summed E-state index contributed by atoms with van der Waals surface area (Å²) in [6.07, 6.45) is 0.0364. The molecule has 0 aromatic heterocycles. The predicted octanol–water partition coefficient (Wildman–Crippen LogP) is 2.26. The van der Waals surface area contributed by atoms with Gasteiger partial charge in [-0.1, -0.05) is 19.1 Å². The number of ether oxygens (including phenoxy) is 1. The van der Waals surface area contributed by atoms with Crippen molar-refractivity contribution in [2.24, 2.45) is 11.3 Å². The van der Waals surface area contributed by atoms with Crippen molar-refractivity contribution in [3.05, 3.63) is 12.2 Å². The van der Waals surface area contributed by atoms with Crippen molar-refractivity contribution in [3.8, 4) is 0 Å². The molecule has 1 rings (SSSR count). The number of aldehydes is 1. The maximum Gasteiger partial charge on any atom is 0.422 e. The third kappa shape index (κ3) is 3.57. The Bertz CT molecular complexity index is 335. The third-order valence-electron chi connectivity index (χ3n) is 2.82. The van der Waals surface area contributed by atoms with Crippen molar-refractivity contribution in [2.45, 2.75) is 25.9 Å². The molecular formula is C11H13F3O3. The van der Waals surface area contributed by atoms with Crippen LogP contribution in [0.3, 0.4) is 0 Å². The molecule has 0 heterocycles. The molecule has 0 spiro atoms. The van der Waals surface area contributed by atoms with Crippen molar-refractivity contribution >= 4 is 12.3 Å². The van der Waals surface area contributed by atoms with Gasteiger partial charge in [0.15, 0.2) is 6.61 Å². The number of esters is 1. The number of alkyl halides is 3. The standard InChI is InChI=1S/C11H13F3O3/c1-10(6-15)5-3-2-4-8(10)9(16)17-7-11(12,13)14/h2-3,6,8H,4-5,7H2,1H3/t8-,10-/m0/s1. The minimum absolute atomic E-state index is 0.228. The van der Waals surface area contributed by atoms with Gasteiger partial charge in [-0.05, 0) is 12.8 Å². The SMILES string of the molecule is C[C@@]1(C=O)CC=CC[C@H]1C(=O)OCC(F)(F)F. The fourth-order valence-electron chi connectivity index (χ4n) is 1.73. The van der Waals surface area contributed by atoms with E-state index in [-0.39, 0.29) is 6.42 Å². The second-order valence-corrected chi connectivity index (χ2v) is 4.31. The van der Waals surface area contributed by atoms with Crippen molar-refractivity contribution in [1.82, 2.24) is 0 Å². The van der Waals surface area contributed by atoms with Crippen LogP contribution in [0.2, 0.25) is 0 Å². The molecule has 1 aliphatic rings. The Balaban J connectivity index is 2.67. The lowest BCUT2D eigenvalue weighted by Crippen LogP contribution is -2.38. The molecule has 0 bridgehead atoms. The van der Waals surface area contributed by atoms with Crippen LogP contribution in [-0.2, 0) is 14.3 Å². The van der Waals surface area contributed by atoms with Gasteiger partial charge >= 0.3 is 12.1 Å². The van der Waals surface area contributed by atoms with Crippen molar-refractivity contribution < 1.29 is 27.5 Å². The molecule has 0 radical (unpaired) electrons. The lowest BCUT2D eigenvalue weighted by atomic mass is 9.71. The molecule has 3 nitrogen and oxygen atoms in total. The zero-order valence-corrected chi connectivity index (χ0v) is 9.29. The average molecular weight is 250 g/mol. The van der Waals surface area contributed by atoms with Crippen LogP contribution in [0.1, 0.15) is 19.8 Å². The molecule has 0 aliphatic heterocycles. The van der Waals surface area contributed by atoms with E-state index in [0.717, 1.165) is 0 Å². The first-order valence-corrected chi connectivity index (χ1v) is 5.13. The average Bonchev–Trinajstić information content (AvgIpc) is 2.25. The molecule has 1 aliphatic carbocycles. The van der Waals surface area contributed by atoms with Gasteiger partial charge in [-0.3, -0.25) is 4.79 Å². The third-order valence-corrected chi connectivity index (χ3v) is 2.82. The van der Waals surface area contributed by atoms with Gasteiger partial charge in [-0.25, -0.2) is 0 Å². The summed E-state index contributed by atoms with van der Waals surface area (Å²) in [6.45, 7) is -0.0655. The Morgan fingerprint density at radius 3 is 2.71 bits per heavy atom. The summed E-state index contributed by atoms with van der Waals surface area (Å²) in [5, 5.41) is 0. The molecule has 0 saturated carbocycles. The molecule has 0 unspecified atom stereocenters. The van der Waals surface area contributed by atoms with E-state index in [2.05, 4.69) is 4.74 Å². The van der Waals surface area contributed by atoms with Gasteiger partial charge in [-0.2, -0.15) is 13.2 Å². The quantitative estimate of drug-likeness (QED) is 0.438. The van der Waals surface area contributed by atoms with E-state index in [9.17, 15) is 22.8 Å². The van der Waals surface area contributed by atoms with Crippen LogP contribution in [0.15, 0.2) is 12.2 Å². The minimum atomic E-state index is -4.54. The zero-order chi connectivity index (χ0) is 13.1. The van der Waals surface area contributed by atoms with Crippen LogP contribution in [0.5, 0.6) is 0 Å². The van der Waals surface area contributed by atoms with Crippen LogP contribution in [-0.4, -0.2) is 25.0 Å². The summed E-state index contributed by atoms with van der Waals surface area (Å²) >= 11 is 0. The Kier molecular flexibility index (Phi) is 3.95. The number of carbonyl (C=O) groups is 2. The molecule has 0 saturated heterocycles. The highest BCUT2D eigenvalue weighted by Gasteiger charge is 2.41. The van der Waals surface area contributed by atoms with Crippen molar-refractivity contribution in [2.75, 3.05) is 6.61 Å². The predicted molar refractivity (Wildman–Crippen MR) is 53.0 cm³/mol. The normalized spacial score (nSPS) is 28.8. The van der Waals surface area contributed by atoms with Gasteiger partial charge in [0.1, 0.15) is 6.29 Å². The number of hydrogen-bond acceptors (Lipinski definition) is 3. The number of halogens is 3. The molecule has 96 valence electrons. The Hall–Kier alpha value is -1.33. The first-order valence-electron chi connectivity index (χ1n) is 5.13. The second-order valence-electron chi connectivity index (χ2n) is 4.31. The van der Waals surface area contributed by atoms with E-state index in [1.165, 1.54) is 0 Å². The fourth-order valence-corrected chi connectivity index (χ4v) is 1.73. The number of hydrogen-bond donors (Lipinski definition) is 0. The summed E-state index contributed by atoms with van der Waals surface area (Å²) in [6, 6.07) is 0. The van der Waals surface area contributed by atoms with Crippen LogP contribution in [0.25, 0.3) is 0 Å². The first-order chi connectivity index (χ1) is 7.78. The highest BCUT2D eigenvalue weighted by atomic mass is 19.4. The lowest BCUT2D eigenvalue weighted by Gasteiger charge is -2.32. The first kappa shape index (κ1) is 13.7. The summed E-state index contributed by atoms with van der Waals surface area (Å²) in [4.78, 5) is 22.4. The van der Waals surface area contributed by atoms with E-state index in [1.807, 2.05) is 0 Å². The monoisotopic (exact) mass is 250 g/mol. The number of rotatable bonds is 3. The van der Waals surface area contributed by atoms with E-state index in [1.54, 1.807) is 19.1 Å². The zero-order valence-electron chi connectivity index (χ0n) is 9.29. The highest BCUT2D eigenvalue weighted by Crippen LogP contribution is 2.37. The minimum Gasteiger partial charge on any atom is -0.456 e. The van der Waals surface area contributed by atoms with E-state index in [0.29, 0.717) is 12.7 Å². The molecule has 17 heavy (non-hydrogen) atoms. The van der Waals surface area contributed by atoms with Crippen LogP contribution >= 0.6 is 0 Å². The van der Waals surface area contributed by atoms with E-state index in [4.69, 9.17) is 0 Å². The molecule has 6 heteroatoms. The smallest absolute Gasteiger partial charge is 0.422 e. The molecule has 0 N–H and O–H groups in total. The molecular weight excluding hydrogens is 237 g/mol. The van der Waals surface area contributed by atoms with Crippen molar-refractivity contribution in [3.63, 3.8) is 0 Å². The van der Waals surface area contributed by atoms with Gasteiger partial charge in [0.2, 0.25) is 0 Å². The van der Waals surface area contributed by atoms with Crippen LogP contribution in [0, 0.1) is 11.3 Å². The summed E-state index contributed by atoms with van der Waals surface area (Å²) in [7, 11) is 0.